The van der Waals surface area contributed by atoms with Gasteiger partial charge in [0.05, 0.1) is 29.8 Å². The van der Waals surface area contributed by atoms with Gasteiger partial charge >= 0.3 is 0 Å². The largest absolute Gasteiger partial charge is 0.490 e. The number of hydrogen-bond acceptors (Lipinski definition) is 7. The van der Waals surface area contributed by atoms with Crippen molar-refractivity contribution < 1.29 is 32.2 Å². The fraction of sp³-hybridized carbons (Fsp3) is 0.333. The SMILES string of the molecule is CC1Oc2ccc(NC(=O)[C@H](C)NS(=O)(=O)c3ccc4c(c3)OCCCO4)cc2NC1=O. The average Bonchev–Trinajstić information content (AvgIpc) is 2.99. The Hall–Kier alpha value is -3.31. The van der Waals surface area contributed by atoms with Gasteiger partial charge in [-0.1, -0.05) is 0 Å². The van der Waals surface area contributed by atoms with Gasteiger partial charge in [-0.2, -0.15) is 4.72 Å². The van der Waals surface area contributed by atoms with Crippen LogP contribution >= 0.6 is 0 Å². The van der Waals surface area contributed by atoms with Crippen LogP contribution in [0, 0.1) is 0 Å². The normalized spacial score (nSPS) is 18.4. The predicted octanol–water partition coefficient (Wildman–Crippen LogP) is 1.87. The van der Waals surface area contributed by atoms with Crippen molar-refractivity contribution in [3.8, 4) is 17.2 Å². The highest BCUT2D eigenvalue weighted by Gasteiger charge is 2.26. The van der Waals surface area contributed by atoms with Gasteiger partial charge in [-0.25, -0.2) is 8.42 Å². The van der Waals surface area contributed by atoms with Crippen LogP contribution < -0.4 is 29.6 Å². The second kappa shape index (κ2) is 8.67. The highest BCUT2D eigenvalue weighted by atomic mass is 32.2. The lowest BCUT2D eigenvalue weighted by molar-refractivity contribution is -0.122. The number of fused-ring (bicyclic) bond motifs is 2. The second-order valence-corrected chi connectivity index (χ2v) is 9.17. The summed E-state index contributed by atoms with van der Waals surface area (Å²) in [5.74, 6) is 0.440. The van der Waals surface area contributed by atoms with Gasteiger partial charge in [-0.05, 0) is 44.2 Å². The summed E-state index contributed by atoms with van der Waals surface area (Å²) in [5, 5.41) is 5.33. The van der Waals surface area contributed by atoms with Gasteiger partial charge < -0.3 is 24.8 Å². The van der Waals surface area contributed by atoms with E-state index in [1.165, 1.54) is 25.1 Å². The highest BCUT2D eigenvalue weighted by molar-refractivity contribution is 7.89. The van der Waals surface area contributed by atoms with E-state index in [9.17, 15) is 18.0 Å². The maximum absolute atomic E-state index is 12.8. The Balaban J connectivity index is 1.44. The zero-order valence-electron chi connectivity index (χ0n) is 17.5. The Labute approximate surface area is 185 Å². The van der Waals surface area contributed by atoms with Crippen LogP contribution in [0.1, 0.15) is 20.3 Å². The summed E-state index contributed by atoms with van der Waals surface area (Å²) in [5.41, 5.74) is 0.806. The smallest absolute Gasteiger partial charge is 0.265 e. The van der Waals surface area contributed by atoms with Crippen molar-refractivity contribution in [3.63, 3.8) is 0 Å². The molecule has 1 unspecified atom stereocenters. The summed E-state index contributed by atoms with van der Waals surface area (Å²) in [6, 6.07) is 8.00. The number of hydrogen-bond donors (Lipinski definition) is 3. The summed E-state index contributed by atoms with van der Waals surface area (Å²) in [6.07, 6.45) is 0.0892. The number of amides is 2. The number of benzene rings is 2. The molecular formula is C21H23N3O7S. The predicted molar refractivity (Wildman–Crippen MR) is 116 cm³/mol. The quantitative estimate of drug-likeness (QED) is 0.619. The van der Waals surface area contributed by atoms with Crippen LogP contribution in [0.25, 0.3) is 0 Å². The molecule has 3 N–H and O–H groups in total. The van der Waals surface area contributed by atoms with Crippen molar-refractivity contribution in [2.45, 2.75) is 37.3 Å². The van der Waals surface area contributed by atoms with Crippen molar-refractivity contribution >= 4 is 33.2 Å². The van der Waals surface area contributed by atoms with E-state index in [2.05, 4.69) is 15.4 Å². The maximum atomic E-state index is 12.8. The summed E-state index contributed by atoms with van der Waals surface area (Å²) in [7, 11) is -3.99. The molecule has 0 saturated carbocycles. The molecule has 2 atom stereocenters. The molecule has 32 heavy (non-hydrogen) atoms. The Morgan fingerprint density at radius 1 is 1.09 bits per heavy atom. The molecule has 0 fully saturated rings. The molecule has 4 rings (SSSR count). The first-order valence-electron chi connectivity index (χ1n) is 10.1. The molecule has 0 spiro atoms. The van der Waals surface area contributed by atoms with Crippen molar-refractivity contribution in [2.75, 3.05) is 23.8 Å². The first-order chi connectivity index (χ1) is 15.2. The number of ether oxygens (including phenoxy) is 3. The molecule has 2 aromatic carbocycles. The molecule has 2 aliphatic heterocycles. The number of rotatable bonds is 5. The van der Waals surface area contributed by atoms with E-state index in [-0.39, 0.29) is 10.8 Å². The summed E-state index contributed by atoms with van der Waals surface area (Å²) < 4.78 is 44.4. The molecule has 11 heteroatoms. The van der Waals surface area contributed by atoms with Gasteiger partial charge in [0, 0.05) is 18.2 Å². The van der Waals surface area contributed by atoms with Crippen LogP contribution in [0.2, 0.25) is 0 Å². The Morgan fingerprint density at radius 2 is 1.81 bits per heavy atom. The zero-order chi connectivity index (χ0) is 22.9. The molecule has 2 aliphatic rings. The van der Waals surface area contributed by atoms with Crippen LogP contribution in [0.4, 0.5) is 11.4 Å². The lowest BCUT2D eigenvalue weighted by atomic mass is 10.2. The molecule has 0 aromatic heterocycles. The fourth-order valence-corrected chi connectivity index (χ4v) is 4.42. The molecule has 10 nitrogen and oxygen atoms in total. The monoisotopic (exact) mass is 461 g/mol. The third-order valence-electron chi connectivity index (χ3n) is 4.93. The molecule has 0 saturated heterocycles. The van der Waals surface area contributed by atoms with Gasteiger partial charge in [0.25, 0.3) is 5.91 Å². The van der Waals surface area contributed by atoms with Gasteiger partial charge in [0.1, 0.15) is 5.75 Å². The van der Waals surface area contributed by atoms with E-state index in [0.29, 0.717) is 48.3 Å². The van der Waals surface area contributed by atoms with E-state index in [1.54, 1.807) is 25.1 Å². The van der Waals surface area contributed by atoms with Crippen molar-refractivity contribution in [1.29, 1.82) is 0 Å². The maximum Gasteiger partial charge on any atom is 0.265 e. The first kappa shape index (κ1) is 21.9. The number of sulfonamides is 1. The molecular weight excluding hydrogens is 438 g/mol. The van der Waals surface area contributed by atoms with E-state index in [0.717, 1.165) is 0 Å². The van der Waals surface area contributed by atoms with E-state index in [1.807, 2.05) is 0 Å². The molecule has 2 amide bonds. The lowest BCUT2D eigenvalue weighted by Crippen LogP contribution is -2.41. The van der Waals surface area contributed by atoms with E-state index >= 15 is 0 Å². The van der Waals surface area contributed by atoms with Crippen molar-refractivity contribution in [2.24, 2.45) is 0 Å². The Morgan fingerprint density at radius 3 is 2.59 bits per heavy atom. The van der Waals surface area contributed by atoms with Crippen LogP contribution in [0.5, 0.6) is 17.2 Å². The molecule has 2 heterocycles. The molecule has 2 aromatic rings. The van der Waals surface area contributed by atoms with Gasteiger partial charge in [0.2, 0.25) is 15.9 Å². The average molecular weight is 461 g/mol. The second-order valence-electron chi connectivity index (χ2n) is 7.45. The molecule has 0 radical (unpaired) electrons. The minimum atomic E-state index is -3.99. The zero-order valence-corrected chi connectivity index (χ0v) is 18.3. The standard InChI is InChI=1S/C21H23N3O7S/c1-12(20(25)22-14-4-6-17-16(10-14)23-21(26)13(2)31-17)24-32(27,28)15-5-7-18-19(11-15)30-9-3-8-29-18/h4-7,10-13,24H,3,8-9H2,1-2H3,(H,22,25)(H,23,26)/t12-,13?/m0/s1. The van der Waals surface area contributed by atoms with E-state index < -0.39 is 28.1 Å². The molecule has 170 valence electrons. The van der Waals surface area contributed by atoms with Gasteiger partial charge in [-0.15, -0.1) is 0 Å². The number of nitrogens with one attached hydrogen (secondary N) is 3. The van der Waals surface area contributed by atoms with E-state index in [4.69, 9.17) is 14.2 Å². The number of carbonyl (C=O) groups is 2. The van der Waals surface area contributed by atoms with Crippen LogP contribution in [-0.4, -0.2) is 45.6 Å². The first-order valence-corrected chi connectivity index (χ1v) is 11.6. The summed E-state index contributed by atoms with van der Waals surface area (Å²) in [4.78, 5) is 24.3. The summed E-state index contributed by atoms with van der Waals surface area (Å²) >= 11 is 0. The van der Waals surface area contributed by atoms with Gasteiger partial charge in [0.15, 0.2) is 17.6 Å². The topological polar surface area (TPSA) is 132 Å². The summed E-state index contributed by atoms with van der Waals surface area (Å²) in [6.45, 7) is 3.98. The highest BCUT2D eigenvalue weighted by Crippen LogP contribution is 2.33. The third kappa shape index (κ3) is 4.63. The van der Waals surface area contributed by atoms with Gasteiger partial charge in [-0.3, -0.25) is 9.59 Å². The van der Waals surface area contributed by atoms with Crippen LogP contribution in [0.15, 0.2) is 41.3 Å². The van der Waals surface area contributed by atoms with Crippen LogP contribution in [0.3, 0.4) is 0 Å². The van der Waals surface area contributed by atoms with Crippen molar-refractivity contribution in [3.05, 3.63) is 36.4 Å². The minimum Gasteiger partial charge on any atom is -0.490 e. The lowest BCUT2D eigenvalue weighted by Gasteiger charge is -2.24. The fourth-order valence-electron chi connectivity index (χ4n) is 3.20. The molecule has 0 bridgehead atoms. The minimum absolute atomic E-state index is 0.0378. The molecule has 0 aliphatic carbocycles. The Kier molecular flexibility index (Phi) is 5.94. The Bertz CT molecular complexity index is 1170. The third-order valence-corrected chi connectivity index (χ3v) is 6.47. The van der Waals surface area contributed by atoms with Crippen LogP contribution in [-0.2, 0) is 19.6 Å². The number of carbonyl (C=O) groups excluding carboxylic acids is 2. The number of anilines is 2. The van der Waals surface area contributed by atoms with Crippen molar-refractivity contribution in [1.82, 2.24) is 4.72 Å².